The Morgan fingerprint density at radius 1 is 1.24 bits per heavy atom. The number of carbonyl (C=O) groups is 2. The lowest BCUT2D eigenvalue weighted by Crippen LogP contribution is -2.42. The van der Waals surface area contributed by atoms with Crippen LogP contribution >= 0.6 is 24.0 Å². The standard InChI is InChI=1S/C18H26ClN3O2.ClH/c1-18(2,3)11-16(23)21-13-4-5-15(19)14(10-13)17(24)22-12-6-8-20-9-7-12;/h4-5,10,12,20H,6-9,11H2,1-3H3,(H,21,23)(H,22,24);1H. The molecule has 1 aliphatic heterocycles. The number of hydrogen-bond donors (Lipinski definition) is 3. The second-order valence-electron chi connectivity index (χ2n) is 7.48. The van der Waals surface area contributed by atoms with Crippen molar-refractivity contribution in [2.45, 2.75) is 46.1 Å². The van der Waals surface area contributed by atoms with Crippen molar-refractivity contribution in [1.82, 2.24) is 10.6 Å². The van der Waals surface area contributed by atoms with Crippen LogP contribution in [0.25, 0.3) is 0 Å². The first kappa shape index (κ1) is 21.7. The van der Waals surface area contributed by atoms with Crippen molar-refractivity contribution < 1.29 is 9.59 Å². The molecular weight excluding hydrogens is 361 g/mol. The molecule has 2 rings (SSSR count). The third kappa shape index (κ3) is 7.22. The Balaban J connectivity index is 0.00000312. The van der Waals surface area contributed by atoms with Crippen molar-refractivity contribution in [3.05, 3.63) is 28.8 Å². The molecule has 25 heavy (non-hydrogen) atoms. The van der Waals surface area contributed by atoms with E-state index in [4.69, 9.17) is 11.6 Å². The molecule has 0 spiro atoms. The number of hydrogen-bond acceptors (Lipinski definition) is 3. The van der Waals surface area contributed by atoms with Crippen LogP contribution in [0.15, 0.2) is 18.2 Å². The van der Waals surface area contributed by atoms with Crippen LogP contribution in [0.4, 0.5) is 5.69 Å². The summed E-state index contributed by atoms with van der Waals surface area (Å²) in [6.07, 6.45) is 2.23. The molecule has 5 nitrogen and oxygen atoms in total. The average molecular weight is 388 g/mol. The fourth-order valence-electron chi connectivity index (χ4n) is 2.69. The highest BCUT2D eigenvalue weighted by atomic mass is 35.5. The topological polar surface area (TPSA) is 70.2 Å². The lowest BCUT2D eigenvalue weighted by Gasteiger charge is -2.24. The van der Waals surface area contributed by atoms with Gasteiger partial charge in [-0.25, -0.2) is 0 Å². The molecule has 0 saturated carbocycles. The number of halogens is 2. The number of anilines is 1. The fourth-order valence-corrected chi connectivity index (χ4v) is 2.90. The summed E-state index contributed by atoms with van der Waals surface area (Å²) in [5.74, 6) is -0.270. The molecule has 1 aliphatic rings. The first-order valence-corrected chi connectivity index (χ1v) is 8.73. The van der Waals surface area contributed by atoms with Gasteiger partial charge in [0.25, 0.3) is 5.91 Å². The average Bonchev–Trinajstić information content (AvgIpc) is 2.48. The second-order valence-corrected chi connectivity index (χ2v) is 7.89. The number of benzene rings is 1. The molecule has 0 aromatic heterocycles. The van der Waals surface area contributed by atoms with Crippen molar-refractivity contribution >= 4 is 41.5 Å². The van der Waals surface area contributed by atoms with Gasteiger partial charge in [0.1, 0.15) is 0 Å². The van der Waals surface area contributed by atoms with Gasteiger partial charge in [0.2, 0.25) is 5.91 Å². The van der Waals surface area contributed by atoms with Crippen LogP contribution in [0, 0.1) is 5.41 Å². The Labute approximate surface area is 160 Å². The first-order valence-electron chi connectivity index (χ1n) is 8.35. The minimum absolute atomic E-state index is 0. The van der Waals surface area contributed by atoms with Crippen molar-refractivity contribution in [2.75, 3.05) is 18.4 Å². The zero-order valence-electron chi connectivity index (χ0n) is 14.9. The molecule has 7 heteroatoms. The number of carbonyl (C=O) groups excluding carboxylic acids is 2. The second kappa shape index (κ2) is 9.41. The SMILES string of the molecule is CC(C)(C)CC(=O)Nc1ccc(Cl)c(C(=O)NC2CCNCC2)c1.Cl. The van der Waals surface area contributed by atoms with E-state index in [-0.39, 0.29) is 35.7 Å². The first-order chi connectivity index (χ1) is 11.2. The third-order valence-corrected chi connectivity index (χ3v) is 4.19. The molecule has 0 bridgehead atoms. The van der Waals surface area contributed by atoms with Crippen molar-refractivity contribution in [3.63, 3.8) is 0 Å². The minimum atomic E-state index is -0.196. The van der Waals surface area contributed by atoms with Gasteiger partial charge >= 0.3 is 0 Å². The Kier molecular flexibility index (Phi) is 8.19. The summed E-state index contributed by atoms with van der Waals surface area (Å²) in [5, 5.41) is 9.50. The maximum Gasteiger partial charge on any atom is 0.253 e. The van der Waals surface area contributed by atoms with Crippen LogP contribution in [0.2, 0.25) is 5.02 Å². The fraction of sp³-hybridized carbons (Fsp3) is 0.556. The number of amides is 2. The molecule has 0 unspecified atom stereocenters. The molecule has 1 aromatic carbocycles. The summed E-state index contributed by atoms with van der Waals surface area (Å²) in [5.41, 5.74) is 0.888. The van der Waals surface area contributed by atoms with E-state index < -0.39 is 0 Å². The number of nitrogens with one attached hydrogen (secondary N) is 3. The monoisotopic (exact) mass is 387 g/mol. The summed E-state index contributed by atoms with van der Waals surface area (Å²) in [4.78, 5) is 24.5. The number of piperidine rings is 1. The van der Waals surface area contributed by atoms with Gasteiger partial charge in [0.15, 0.2) is 0 Å². The Morgan fingerprint density at radius 2 is 1.88 bits per heavy atom. The van der Waals surface area contributed by atoms with Crippen molar-refractivity contribution in [3.8, 4) is 0 Å². The van der Waals surface area contributed by atoms with E-state index in [1.165, 1.54) is 0 Å². The van der Waals surface area contributed by atoms with E-state index in [2.05, 4.69) is 16.0 Å². The van der Waals surface area contributed by atoms with E-state index in [9.17, 15) is 9.59 Å². The maximum atomic E-state index is 12.5. The highest BCUT2D eigenvalue weighted by molar-refractivity contribution is 6.34. The molecule has 0 radical (unpaired) electrons. The molecule has 2 amide bonds. The van der Waals surface area contributed by atoms with Gasteiger partial charge in [-0.1, -0.05) is 32.4 Å². The molecule has 1 heterocycles. The maximum absolute atomic E-state index is 12.5. The highest BCUT2D eigenvalue weighted by Crippen LogP contribution is 2.23. The van der Waals surface area contributed by atoms with Crippen LogP contribution in [-0.4, -0.2) is 30.9 Å². The van der Waals surface area contributed by atoms with Crippen LogP contribution in [0.3, 0.4) is 0 Å². The van der Waals surface area contributed by atoms with E-state index in [0.29, 0.717) is 22.7 Å². The molecule has 0 atom stereocenters. The normalized spacial score (nSPS) is 15.2. The lowest BCUT2D eigenvalue weighted by atomic mass is 9.92. The van der Waals surface area contributed by atoms with Crippen LogP contribution in [0.1, 0.15) is 50.4 Å². The summed E-state index contributed by atoms with van der Waals surface area (Å²) in [6.45, 7) is 7.83. The molecule has 140 valence electrons. The van der Waals surface area contributed by atoms with Crippen LogP contribution < -0.4 is 16.0 Å². The quantitative estimate of drug-likeness (QED) is 0.738. The summed E-state index contributed by atoms with van der Waals surface area (Å²) in [6, 6.07) is 5.16. The summed E-state index contributed by atoms with van der Waals surface area (Å²) >= 11 is 6.17. The zero-order valence-corrected chi connectivity index (χ0v) is 16.5. The van der Waals surface area contributed by atoms with Crippen LogP contribution in [-0.2, 0) is 4.79 Å². The molecule has 1 aromatic rings. The predicted molar refractivity (Wildman–Crippen MR) is 105 cm³/mol. The smallest absolute Gasteiger partial charge is 0.253 e. The van der Waals surface area contributed by atoms with Gasteiger partial charge in [0, 0.05) is 18.2 Å². The molecular formula is C18H27Cl2N3O2. The van der Waals surface area contributed by atoms with Gasteiger partial charge < -0.3 is 16.0 Å². The Hall–Kier alpha value is -1.30. The molecule has 3 N–H and O–H groups in total. The third-order valence-electron chi connectivity index (χ3n) is 3.86. The van der Waals surface area contributed by atoms with E-state index in [1.807, 2.05) is 20.8 Å². The van der Waals surface area contributed by atoms with Gasteiger partial charge in [-0.2, -0.15) is 0 Å². The van der Waals surface area contributed by atoms with E-state index >= 15 is 0 Å². The van der Waals surface area contributed by atoms with E-state index in [1.54, 1.807) is 18.2 Å². The summed E-state index contributed by atoms with van der Waals surface area (Å²) in [7, 11) is 0. The van der Waals surface area contributed by atoms with Gasteiger partial charge in [-0.15, -0.1) is 12.4 Å². The highest BCUT2D eigenvalue weighted by Gasteiger charge is 2.20. The Bertz CT molecular complexity index is 609. The number of rotatable bonds is 4. The minimum Gasteiger partial charge on any atom is -0.349 e. The van der Waals surface area contributed by atoms with Crippen molar-refractivity contribution in [1.29, 1.82) is 0 Å². The molecule has 1 fully saturated rings. The van der Waals surface area contributed by atoms with Gasteiger partial charge in [0.05, 0.1) is 10.6 Å². The zero-order chi connectivity index (χ0) is 17.7. The summed E-state index contributed by atoms with van der Waals surface area (Å²) < 4.78 is 0. The Morgan fingerprint density at radius 3 is 2.48 bits per heavy atom. The lowest BCUT2D eigenvalue weighted by molar-refractivity contribution is -0.117. The predicted octanol–water partition coefficient (Wildman–Crippen LogP) is 3.62. The molecule has 1 saturated heterocycles. The van der Waals surface area contributed by atoms with Crippen LogP contribution in [0.5, 0.6) is 0 Å². The van der Waals surface area contributed by atoms with Crippen molar-refractivity contribution in [2.24, 2.45) is 5.41 Å². The molecule has 0 aliphatic carbocycles. The van der Waals surface area contributed by atoms with E-state index in [0.717, 1.165) is 25.9 Å². The van der Waals surface area contributed by atoms with Gasteiger partial charge in [-0.3, -0.25) is 9.59 Å². The largest absolute Gasteiger partial charge is 0.349 e. The van der Waals surface area contributed by atoms with Gasteiger partial charge in [-0.05, 0) is 49.5 Å².